The van der Waals surface area contributed by atoms with Crippen LogP contribution in [0.4, 0.5) is 11.8 Å². The first-order chi connectivity index (χ1) is 11.0. The van der Waals surface area contributed by atoms with Crippen LogP contribution in [-0.2, 0) is 0 Å². The van der Waals surface area contributed by atoms with Gasteiger partial charge < -0.3 is 26.4 Å². The van der Waals surface area contributed by atoms with Gasteiger partial charge in [0.25, 0.3) is 0 Å². The van der Waals surface area contributed by atoms with E-state index >= 15 is 0 Å². The Hall–Kier alpha value is -1.52. The molecule has 10 heteroatoms. The molecule has 1 aliphatic rings. The number of aliphatic hydroxyl groups is 3. The fraction of sp³-hybridized carbons (Fsp3) is 0.462. The lowest BCUT2D eigenvalue weighted by Crippen LogP contribution is -2.35. The van der Waals surface area contributed by atoms with Gasteiger partial charge in [-0.1, -0.05) is 11.6 Å². The summed E-state index contributed by atoms with van der Waals surface area (Å²) in [5.41, 5.74) is 6.15. The highest BCUT2D eigenvalue weighted by Crippen LogP contribution is 2.36. The number of anilines is 2. The van der Waals surface area contributed by atoms with E-state index in [-0.39, 0.29) is 17.7 Å². The highest BCUT2D eigenvalue weighted by Gasteiger charge is 2.41. The summed E-state index contributed by atoms with van der Waals surface area (Å²) in [6, 6.07) is -0.494. The minimum atomic E-state index is -1.04. The quantitative estimate of drug-likeness (QED) is 0.494. The van der Waals surface area contributed by atoms with Gasteiger partial charge in [-0.15, -0.1) is 11.3 Å². The number of hydrogen-bond acceptors (Lipinski definition) is 9. The molecule has 2 aromatic heterocycles. The van der Waals surface area contributed by atoms with Crippen LogP contribution in [0.5, 0.6) is 0 Å². The molecule has 2 heterocycles. The molecule has 0 saturated heterocycles. The van der Waals surface area contributed by atoms with E-state index in [9.17, 15) is 15.3 Å². The predicted octanol–water partition coefficient (Wildman–Crippen LogP) is 0.350. The maximum absolute atomic E-state index is 10.1. The Kier molecular flexibility index (Phi) is 4.64. The van der Waals surface area contributed by atoms with E-state index < -0.39 is 24.2 Å². The Labute approximate surface area is 141 Å². The number of rotatable bonds is 4. The molecule has 0 spiro atoms. The minimum Gasteiger partial charge on any atom is -0.396 e. The van der Waals surface area contributed by atoms with E-state index in [1.165, 1.54) is 11.3 Å². The third-order valence-corrected chi connectivity index (χ3v) is 4.95. The van der Waals surface area contributed by atoms with Crippen LogP contribution in [0.3, 0.4) is 0 Å². The zero-order valence-electron chi connectivity index (χ0n) is 11.9. The first-order valence-corrected chi connectivity index (χ1v) is 8.23. The predicted molar refractivity (Wildman–Crippen MR) is 87.2 cm³/mol. The molecule has 1 saturated carbocycles. The molecule has 0 aromatic carbocycles. The molecule has 124 valence electrons. The third kappa shape index (κ3) is 3.10. The SMILES string of the molecule is Nc1nc(Cl)c(-c2nccs2)c(N[C@@H]2C[C@H](CO)[C@@H](O)[C@H]2O)n1. The lowest BCUT2D eigenvalue weighted by atomic mass is 10.1. The number of halogens is 1. The van der Waals surface area contributed by atoms with Crippen LogP contribution in [0.25, 0.3) is 10.6 Å². The normalized spacial score (nSPS) is 27.3. The number of aliphatic hydroxyl groups excluding tert-OH is 3. The Morgan fingerprint density at radius 1 is 1.35 bits per heavy atom. The van der Waals surface area contributed by atoms with E-state index in [2.05, 4.69) is 20.3 Å². The Morgan fingerprint density at radius 2 is 2.13 bits per heavy atom. The molecule has 4 atom stereocenters. The zero-order chi connectivity index (χ0) is 16.6. The van der Waals surface area contributed by atoms with Gasteiger partial charge in [-0.3, -0.25) is 0 Å². The van der Waals surface area contributed by atoms with E-state index in [4.69, 9.17) is 17.3 Å². The van der Waals surface area contributed by atoms with E-state index in [1.807, 2.05) is 0 Å². The summed E-state index contributed by atoms with van der Waals surface area (Å²) in [5, 5.41) is 34.9. The Balaban J connectivity index is 1.94. The van der Waals surface area contributed by atoms with Crippen LogP contribution in [0.15, 0.2) is 11.6 Å². The number of aromatic nitrogens is 3. The summed E-state index contributed by atoms with van der Waals surface area (Å²) in [4.78, 5) is 12.3. The van der Waals surface area contributed by atoms with Gasteiger partial charge in [0.15, 0.2) is 0 Å². The van der Waals surface area contributed by atoms with Crippen molar-refractivity contribution in [2.45, 2.75) is 24.7 Å². The van der Waals surface area contributed by atoms with Gasteiger partial charge >= 0.3 is 0 Å². The molecule has 0 bridgehead atoms. The molecule has 0 aliphatic heterocycles. The summed E-state index contributed by atoms with van der Waals surface area (Å²) >= 11 is 7.54. The minimum absolute atomic E-state index is 0.00968. The molecule has 8 nitrogen and oxygen atoms in total. The smallest absolute Gasteiger partial charge is 0.223 e. The number of nitrogens with zero attached hydrogens (tertiary/aromatic N) is 3. The second-order valence-electron chi connectivity index (χ2n) is 5.34. The molecule has 0 radical (unpaired) electrons. The molecular formula is C13H16ClN5O3S. The molecule has 1 fully saturated rings. The van der Waals surface area contributed by atoms with Crippen LogP contribution in [0, 0.1) is 5.92 Å². The fourth-order valence-corrected chi connectivity index (χ4v) is 3.72. The molecule has 23 heavy (non-hydrogen) atoms. The summed E-state index contributed by atoms with van der Waals surface area (Å²) in [6.07, 6.45) is -0.0221. The molecule has 1 aliphatic carbocycles. The topological polar surface area (TPSA) is 137 Å². The number of nitrogen functional groups attached to an aromatic ring is 1. The highest BCUT2D eigenvalue weighted by atomic mass is 35.5. The second kappa shape index (κ2) is 6.54. The average molecular weight is 358 g/mol. The van der Waals surface area contributed by atoms with Crippen molar-refractivity contribution in [2.75, 3.05) is 17.7 Å². The first-order valence-electron chi connectivity index (χ1n) is 6.97. The maximum Gasteiger partial charge on any atom is 0.223 e. The summed E-state index contributed by atoms with van der Waals surface area (Å²) in [6.45, 7) is -0.206. The van der Waals surface area contributed by atoms with Gasteiger partial charge in [0.2, 0.25) is 5.95 Å². The fourth-order valence-electron chi connectivity index (χ4n) is 2.71. The number of nitrogens with one attached hydrogen (secondary N) is 1. The lowest BCUT2D eigenvalue weighted by Gasteiger charge is -2.20. The van der Waals surface area contributed by atoms with Gasteiger partial charge in [0.1, 0.15) is 22.1 Å². The van der Waals surface area contributed by atoms with Crippen LogP contribution < -0.4 is 11.1 Å². The number of nitrogens with two attached hydrogens (primary N) is 1. The highest BCUT2D eigenvalue weighted by molar-refractivity contribution is 7.13. The largest absolute Gasteiger partial charge is 0.396 e. The first kappa shape index (κ1) is 16.3. The van der Waals surface area contributed by atoms with Gasteiger partial charge in [-0.05, 0) is 6.42 Å². The molecule has 3 rings (SSSR count). The van der Waals surface area contributed by atoms with Crippen molar-refractivity contribution < 1.29 is 15.3 Å². The van der Waals surface area contributed by atoms with Crippen molar-refractivity contribution in [3.8, 4) is 10.6 Å². The lowest BCUT2D eigenvalue weighted by molar-refractivity contribution is 0.00446. The van der Waals surface area contributed by atoms with Gasteiger partial charge in [-0.25, -0.2) is 9.97 Å². The number of thiazole rings is 1. The molecule has 2 aromatic rings. The number of hydrogen-bond donors (Lipinski definition) is 5. The average Bonchev–Trinajstić information content (AvgIpc) is 3.11. The van der Waals surface area contributed by atoms with E-state index in [0.717, 1.165) is 0 Å². The van der Waals surface area contributed by atoms with Crippen LogP contribution in [-0.4, -0.2) is 55.1 Å². The molecule has 0 unspecified atom stereocenters. The summed E-state index contributed by atoms with van der Waals surface area (Å²) in [5.74, 6) is -0.0719. The van der Waals surface area contributed by atoms with Gasteiger partial charge in [0, 0.05) is 24.1 Å². The van der Waals surface area contributed by atoms with Crippen molar-refractivity contribution in [1.82, 2.24) is 15.0 Å². The van der Waals surface area contributed by atoms with E-state index in [1.54, 1.807) is 11.6 Å². The molecule has 6 N–H and O–H groups in total. The van der Waals surface area contributed by atoms with Gasteiger partial charge in [0.05, 0.1) is 17.7 Å². The second-order valence-corrected chi connectivity index (χ2v) is 6.60. The van der Waals surface area contributed by atoms with Crippen molar-refractivity contribution in [3.05, 3.63) is 16.7 Å². The zero-order valence-corrected chi connectivity index (χ0v) is 13.5. The van der Waals surface area contributed by atoms with Crippen molar-refractivity contribution in [2.24, 2.45) is 5.92 Å². The van der Waals surface area contributed by atoms with Crippen LogP contribution >= 0.6 is 22.9 Å². The maximum atomic E-state index is 10.1. The van der Waals surface area contributed by atoms with Crippen LogP contribution in [0.2, 0.25) is 5.15 Å². The monoisotopic (exact) mass is 357 g/mol. The third-order valence-electron chi connectivity index (χ3n) is 3.89. The summed E-state index contributed by atoms with van der Waals surface area (Å²) in [7, 11) is 0. The Bertz CT molecular complexity index is 686. The van der Waals surface area contributed by atoms with Crippen molar-refractivity contribution >= 4 is 34.7 Å². The standard InChI is InChI=1S/C13H16ClN5O3S/c14-10-7(12-16-1-2-23-12)11(19-13(15)18-10)17-6-3-5(4-20)8(21)9(6)22/h1-2,5-6,8-9,20-22H,3-4H2,(H3,15,17,18,19)/t5-,6-,8-,9+/m1/s1. The van der Waals surface area contributed by atoms with E-state index in [0.29, 0.717) is 22.8 Å². The van der Waals surface area contributed by atoms with Crippen LogP contribution in [0.1, 0.15) is 6.42 Å². The molecule has 0 amide bonds. The molecular weight excluding hydrogens is 342 g/mol. The Morgan fingerprint density at radius 3 is 2.74 bits per heavy atom. The summed E-state index contributed by atoms with van der Waals surface area (Å²) < 4.78 is 0. The van der Waals surface area contributed by atoms with Gasteiger partial charge in [-0.2, -0.15) is 4.98 Å². The van der Waals surface area contributed by atoms with Crippen molar-refractivity contribution in [1.29, 1.82) is 0 Å². The van der Waals surface area contributed by atoms with Crippen molar-refractivity contribution in [3.63, 3.8) is 0 Å².